The molecular weight excluding hydrogens is 1480 g/mol. The van der Waals surface area contributed by atoms with E-state index in [2.05, 4.69) is 21.3 Å². The summed E-state index contributed by atoms with van der Waals surface area (Å²) in [6.45, 7) is 8.25. The maximum Gasteiger partial charge on any atom is 0.407 e. The number of aliphatic hydroxyl groups is 6. The second-order valence-electron chi connectivity index (χ2n) is 31.9. The number of aliphatic hydroxyl groups excluding tert-OH is 6. The number of ether oxygens (including phenoxy) is 11. The number of carbonyl (C=O) groups excluding carboxylic acids is 9. The van der Waals surface area contributed by atoms with Crippen molar-refractivity contribution in [1.82, 2.24) is 26.2 Å². The normalized spacial score (nSPS) is 24.1. The quantitative estimate of drug-likeness (QED) is 0.0158. The number of nitrogens with one attached hydrogen (secondary N) is 4. The molecular formula is C83H147N5O26. The summed E-state index contributed by atoms with van der Waals surface area (Å²) in [6, 6.07) is -0.0796. The van der Waals surface area contributed by atoms with E-state index in [4.69, 9.17) is 52.1 Å². The topological polar surface area (TPSA) is 428 Å². The minimum atomic E-state index is -0.959. The third-order valence-electron chi connectivity index (χ3n) is 21.9. The Kier molecular flexibility index (Phi) is 54.4. The van der Waals surface area contributed by atoms with E-state index in [1.165, 1.54) is 0 Å². The van der Waals surface area contributed by atoms with E-state index >= 15 is 0 Å². The minimum absolute atomic E-state index is 0.0137. The van der Waals surface area contributed by atoms with Gasteiger partial charge in [-0.15, -0.1) is 0 Å². The molecule has 0 saturated carbocycles. The van der Waals surface area contributed by atoms with Crippen LogP contribution >= 0.6 is 0 Å². The number of methoxy groups -OCH3 is 2. The van der Waals surface area contributed by atoms with Gasteiger partial charge in [-0.3, -0.25) is 38.4 Å². The molecule has 660 valence electrons. The van der Waals surface area contributed by atoms with Crippen LogP contribution in [0.4, 0.5) is 4.79 Å². The van der Waals surface area contributed by atoms with Crippen LogP contribution in [0.15, 0.2) is 0 Å². The molecule has 0 aliphatic carbocycles. The van der Waals surface area contributed by atoms with Gasteiger partial charge >= 0.3 is 18.0 Å². The summed E-state index contributed by atoms with van der Waals surface area (Å²) in [7, 11) is 3.22. The molecule has 10 N–H and O–H groups in total. The van der Waals surface area contributed by atoms with Crippen LogP contribution in [0, 0.1) is 17.8 Å². The lowest BCUT2D eigenvalue weighted by Gasteiger charge is -2.37. The number of ketones is 2. The third-order valence-corrected chi connectivity index (χ3v) is 21.9. The molecule has 4 aliphatic heterocycles. The van der Waals surface area contributed by atoms with Gasteiger partial charge in [-0.1, -0.05) is 78.6 Å². The van der Waals surface area contributed by atoms with E-state index in [1.54, 1.807) is 19.1 Å². The van der Waals surface area contributed by atoms with Gasteiger partial charge in [0, 0.05) is 128 Å². The van der Waals surface area contributed by atoms with Gasteiger partial charge in [-0.05, 0) is 135 Å². The fraction of sp³-hybridized carbons (Fsp3) is 0.892. The Balaban J connectivity index is 1.25. The zero-order chi connectivity index (χ0) is 83.1. The number of rotatable bonds is 66. The van der Waals surface area contributed by atoms with Crippen LogP contribution in [-0.4, -0.2) is 268 Å². The second kappa shape index (κ2) is 61.2. The van der Waals surface area contributed by atoms with Gasteiger partial charge in [0.2, 0.25) is 23.6 Å². The van der Waals surface area contributed by atoms with Crippen molar-refractivity contribution in [3.63, 3.8) is 0 Å². The smallest absolute Gasteiger partial charge is 0.407 e. The number of Topliss-reactive ketones (excluding diaryl/α,β-unsaturated/α-hetero) is 2. The van der Waals surface area contributed by atoms with Gasteiger partial charge < -0.3 is 109 Å². The van der Waals surface area contributed by atoms with E-state index in [9.17, 15) is 73.8 Å². The number of esters is 2. The summed E-state index contributed by atoms with van der Waals surface area (Å²) in [6.07, 6.45) is 14.0. The first-order valence-corrected chi connectivity index (χ1v) is 43.1. The van der Waals surface area contributed by atoms with Crippen LogP contribution in [0.5, 0.6) is 0 Å². The minimum Gasteiger partial charge on any atom is -0.466 e. The molecule has 114 heavy (non-hydrogen) atoms. The molecule has 12 unspecified atom stereocenters. The first kappa shape index (κ1) is 101. The highest BCUT2D eigenvalue weighted by Gasteiger charge is 2.39. The lowest BCUT2D eigenvalue weighted by Crippen LogP contribution is -2.49. The molecule has 0 aromatic heterocycles. The standard InChI is InChI=1S/C83H147N5O26/c1-60-51-67(94)70(56-89)112-79(60)108-45-23-31-64(92)29-15-9-6-14-22-44-86-82(103)111-50-28-41-83(87-75(99)38-37-65(93)30-18-19-34-76(100)88-55-66(105-5)54-63(88)59-104-4,39-26-48-106-77(101)35-16-10-7-12-20-42-84-73(97)32-24-46-109-80-61(2)52-68(95)71(57-90)113-80)40-27-49-107-78(102)36-17-11-8-13-21-43-85-74(98)33-25-47-110-81-62(3)53-69(96)72(58-91)114-81/h60-63,66-72,79-81,89-91,94-96H,6-59H2,1-5H3,(H,84,97)(H,85,98)(H,86,103)(H,87,99)/t60?,61?,62?,63-,66+,67?,68?,69?,70?,71?,72?,79?,80?,81?,83?/m1/s1. The van der Waals surface area contributed by atoms with E-state index in [0.717, 1.165) is 77.0 Å². The van der Waals surface area contributed by atoms with Gasteiger partial charge in [0.25, 0.3) is 0 Å². The molecule has 0 bridgehead atoms. The number of hydrogen-bond acceptors (Lipinski definition) is 26. The van der Waals surface area contributed by atoms with E-state index in [0.29, 0.717) is 181 Å². The number of nitrogens with zero attached hydrogens (tertiary/aromatic N) is 1. The average molecular weight is 1630 g/mol. The second-order valence-corrected chi connectivity index (χ2v) is 31.9. The highest BCUT2D eigenvalue weighted by atomic mass is 16.7. The van der Waals surface area contributed by atoms with E-state index < -0.39 is 67.1 Å². The molecule has 4 saturated heterocycles. The fourth-order valence-electron chi connectivity index (χ4n) is 15.0. The summed E-state index contributed by atoms with van der Waals surface area (Å²) in [5, 5.41) is 70.6. The summed E-state index contributed by atoms with van der Waals surface area (Å²) in [5.74, 6) is -1.37. The van der Waals surface area contributed by atoms with E-state index in [1.807, 2.05) is 20.8 Å². The van der Waals surface area contributed by atoms with Crippen LogP contribution in [0.2, 0.25) is 0 Å². The van der Waals surface area contributed by atoms with E-state index in [-0.39, 0.29) is 168 Å². The summed E-state index contributed by atoms with van der Waals surface area (Å²) in [5.41, 5.74) is -0.959. The fourth-order valence-corrected chi connectivity index (χ4v) is 15.0. The summed E-state index contributed by atoms with van der Waals surface area (Å²) in [4.78, 5) is 119. The molecule has 0 radical (unpaired) electrons. The number of hydrogen-bond donors (Lipinski definition) is 10. The van der Waals surface area contributed by atoms with Gasteiger partial charge in [-0.2, -0.15) is 0 Å². The monoisotopic (exact) mass is 1630 g/mol. The SMILES string of the molecule is COC[C@H]1C[C@H](OC)CN1C(=O)CCCCC(=O)CCC(=O)NC(CCCOC(=O)CCCCCCCNC(=O)CCCOC1OC(CO)C(O)CC1C)(CCCOC(=O)CCCCCCCNC(=O)CCCOC1OC(CO)C(O)CC1C)CCCOC(=O)NCCCCCCCC(=O)CCCOC1OC(CO)C(O)CC1C. The molecule has 31 heteroatoms. The lowest BCUT2D eigenvalue weighted by molar-refractivity contribution is -0.252. The Morgan fingerprint density at radius 1 is 0.404 bits per heavy atom. The molecule has 31 nitrogen and oxygen atoms in total. The Morgan fingerprint density at radius 2 is 0.781 bits per heavy atom. The van der Waals surface area contributed by atoms with Crippen LogP contribution in [0.1, 0.15) is 278 Å². The van der Waals surface area contributed by atoms with Crippen molar-refractivity contribution < 1.29 is 126 Å². The van der Waals surface area contributed by atoms with Crippen LogP contribution in [0.3, 0.4) is 0 Å². The zero-order valence-electron chi connectivity index (χ0n) is 69.6. The predicted octanol–water partition coefficient (Wildman–Crippen LogP) is 7.69. The maximum atomic E-state index is 14.1. The van der Waals surface area contributed by atoms with Crippen molar-refractivity contribution in [3.8, 4) is 0 Å². The van der Waals surface area contributed by atoms with Crippen molar-refractivity contribution in [2.24, 2.45) is 17.8 Å². The van der Waals surface area contributed by atoms with Gasteiger partial charge in [0.1, 0.15) is 29.9 Å². The zero-order valence-corrected chi connectivity index (χ0v) is 69.6. The van der Waals surface area contributed by atoms with Crippen molar-refractivity contribution in [2.45, 2.75) is 351 Å². The molecule has 4 aliphatic rings. The Labute approximate surface area is 677 Å². The molecule has 0 aromatic rings. The Hall–Kier alpha value is -5.13. The first-order chi connectivity index (χ1) is 55.0. The van der Waals surface area contributed by atoms with Crippen LogP contribution < -0.4 is 21.3 Å². The van der Waals surface area contributed by atoms with Gasteiger partial charge in [0.15, 0.2) is 18.9 Å². The summed E-state index contributed by atoms with van der Waals surface area (Å²) >= 11 is 0. The van der Waals surface area contributed by atoms with Crippen LogP contribution in [0.25, 0.3) is 0 Å². The lowest BCUT2D eigenvalue weighted by atomic mass is 9.83. The van der Waals surface area contributed by atoms with Crippen molar-refractivity contribution in [3.05, 3.63) is 0 Å². The predicted molar refractivity (Wildman–Crippen MR) is 422 cm³/mol. The average Bonchev–Trinajstić information content (AvgIpc) is 1.89. The number of amides is 5. The highest BCUT2D eigenvalue weighted by molar-refractivity contribution is 5.85. The number of alkyl carbamates (subject to hydrolysis) is 1. The molecule has 4 rings (SSSR count). The molecule has 14 atom stereocenters. The Morgan fingerprint density at radius 3 is 1.22 bits per heavy atom. The summed E-state index contributed by atoms with van der Waals surface area (Å²) < 4.78 is 62.5. The number of likely N-dealkylation sites (tertiary alicyclic amines) is 1. The molecule has 4 fully saturated rings. The highest BCUT2D eigenvalue weighted by Crippen LogP contribution is 2.31. The molecule has 0 spiro atoms. The molecule has 5 amide bonds. The number of unbranched alkanes of at least 4 members (excludes halogenated alkanes) is 13. The molecule has 4 heterocycles. The molecule has 0 aromatic carbocycles. The third kappa shape index (κ3) is 44.1. The van der Waals surface area contributed by atoms with Crippen molar-refractivity contribution >= 4 is 53.2 Å². The number of carbonyl (C=O) groups is 9. The maximum absolute atomic E-state index is 14.1. The largest absolute Gasteiger partial charge is 0.466 e. The first-order valence-electron chi connectivity index (χ1n) is 43.1. The van der Waals surface area contributed by atoms with Gasteiger partial charge in [0.05, 0.1) is 96.5 Å². The van der Waals surface area contributed by atoms with Crippen LogP contribution in [-0.2, 0) is 90.5 Å². The van der Waals surface area contributed by atoms with Crippen molar-refractivity contribution in [1.29, 1.82) is 0 Å². The van der Waals surface area contributed by atoms with Crippen molar-refractivity contribution in [2.75, 3.05) is 106 Å². The Bertz CT molecular complexity index is 2460. The van der Waals surface area contributed by atoms with Gasteiger partial charge in [-0.25, -0.2) is 4.79 Å².